The van der Waals surface area contributed by atoms with Crippen LogP contribution in [0.25, 0.3) is 0 Å². The molecule has 0 unspecified atom stereocenters. The summed E-state index contributed by atoms with van der Waals surface area (Å²) in [6, 6.07) is 10.6. The van der Waals surface area contributed by atoms with Gasteiger partial charge in [-0.25, -0.2) is 4.79 Å². The van der Waals surface area contributed by atoms with Gasteiger partial charge < -0.3 is 14.8 Å². The molecular weight excluding hydrogens is 290 g/mol. The zero-order valence-electron chi connectivity index (χ0n) is 11.7. The Labute approximate surface area is 126 Å². The van der Waals surface area contributed by atoms with E-state index in [9.17, 15) is 9.59 Å². The molecule has 110 valence electrons. The van der Waals surface area contributed by atoms with Crippen LogP contribution in [0.15, 0.2) is 36.4 Å². The van der Waals surface area contributed by atoms with Gasteiger partial charge in [0.2, 0.25) is 5.91 Å². The highest BCUT2D eigenvalue weighted by molar-refractivity contribution is 7.18. The lowest BCUT2D eigenvalue weighted by Gasteiger charge is -2.05. The second kappa shape index (κ2) is 6.90. The van der Waals surface area contributed by atoms with Gasteiger partial charge in [-0.2, -0.15) is 0 Å². The summed E-state index contributed by atoms with van der Waals surface area (Å²) < 4.78 is 9.74. The highest BCUT2D eigenvalue weighted by atomic mass is 32.1. The van der Waals surface area contributed by atoms with Crippen molar-refractivity contribution in [2.45, 2.75) is 6.42 Å². The molecule has 2 rings (SSSR count). The van der Waals surface area contributed by atoms with Crippen LogP contribution in [0.2, 0.25) is 0 Å². The summed E-state index contributed by atoms with van der Waals surface area (Å²) in [5.74, 6) is 0.152. The quantitative estimate of drug-likeness (QED) is 0.863. The number of hydrogen-bond acceptors (Lipinski definition) is 5. The van der Waals surface area contributed by atoms with Gasteiger partial charge in [-0.05, 0) is 29.8 Å². The number of ether oxygens (including phenoxy) is 2. The average Bonchev–Trinajstić information content (AvgIpc) is 2.94. The maximum Gasteiger partial charge on any atom is 0.348 e. The van der Waals surface area contributed by atoms with Crippen LogP contribution in [0.3, 0.4) is 0 Å². The Kier molecular flexibility index (Phi) is 4.94. The number of methoxy groups -OCH3 is 2. The topological polar surface area (TPSA) is 64.6 Å². The summed E-state index contributed by atoms with van der Waals surface area (Å²) in [4.78, 5) is 23.8. The van der Waals surface area contributed by atoms with E-state index in [1.54, 1.807) is 19.2 Å². The Bertz CT molecular complexity index is 651. The van der Waals surface area contributed by atoms with Crippen LogP contribution in [-0.2, 0) is 16.0 Å². The maximum atomic E-state index is 12.0. The minimum Gasteiger partial charge on any atom is -0.497 e. The van der Waals surface area contributed by atoms with Crippen molar-refractivity contribution in [3.05, 3.63) is 46.8 Å². The molecule has 1 aromatic carbocycles. The predicted molar refractivity (Wildman–Crippen MR) is 81.0 cm³/mol. The fourth-order valence-corrected chi connectivity index (χ4v) is 2.61. The number of thiophene rings is 1. The van der Waals surface area contributed by atoms with Crippen molar-refractivity contribution in [3.8, 4) is 5.75 Å². The number of carbonyl (C=O) groups excluding carboxylic acids is 2. The van der Waals surface area contributed by atoms with E-state index in [-0.39, 0.29) is 12.3 Å². The minimum atomic E-state index is -0.409. The molecule has 0 saturated heterocycles. The van der Waals surface area contributed by atoms with E-state index in [2.05, 4.69) is 10.1 Å². The summed E-state index contributed by atoms with van der Waals surface area (Å²) in [5, 5.41) is 3.37. The molecule has 1 N–H and O–H groups in total. The van der Waals surface area contributed by atoms with E-state index in [1.807, 2.05) is 24.3 Å². The van der Waals surface area contributed by atoms with Gasteiger partial charge >= 0.3 is 5.97 Å². The smallest absolute Gasteiger partial charge is 0.348 e. The van der Waals surface area contributed by atoms with Gasteiger partial charge in [-0.1, -0.05) is 12.1 Å². The number of esters is 1. The number of carbonyl (C=O) groups is 2. The number of nitrogens with one attached hydrogen (secondary N) is 1. The van der Waals surface area contributed by atoms with Gasteiger partial charge in [0.15, 0.2) is 0 Å². The Hall–Kier alpha value is -2.34. The highest BCUT2D eigenvalue weighted by Crippen LogP contribution is 2.23. The molecule has 0 spiro atoms. The molecule has 5 nitrogen and oxygen atoms in total. The van der Waals surface area contributed by atoms with Crippen LogP contribution in [0, 0.1) is 0 Å². The summed E-state index contributed by atoms with van der Waals surface area (Å²) in [6.07, 6.45) is 0.239. The monoisotopic (exact) mass is 305 g/mol. The second-order valence-electron chi connectivity index (χ2n) is 4.23. The van der Waals surface area contributed by atoms with E-state index < -0.39 is 5.97 Å². The molecule has 0 aliphatic heterocycles. The third kappa shape index (κ3) is 4.06. The number of amides is 1. The van der Waals surface area contributed by atoms with E-state index in [0.29, 0.717) is 15.6 Å². The Morgan fingerprint density at radius 1 is 1.19 bits per heavy atom. The third-order valence-electron chi connectivity index (χ3n) is 2.75. The normalized spacial score (nSPS) is 10.0. The van der Waals surface area contributed by atoms with Gasteiger partial charge in [0.25, 0.3) is 0 Å². The molecule has 0 saturated carbocycles. The standard InChI is InChI=1S/C15H15NO4S/c1-19-11-5-3-4-10(8-11)9-13(17)16-14-7-6-12(21-14)15(18)20-2/h3-8H,9H2,1-2H3,(H,16,17). The Morgan fingerprint density at radius 3 is 2.71 bits per heavy atom. The van der Waals surface area contributed by atoms with Crippen LogP contribution >= 0.6 is 11.3 Å². The summed E-state index contributed by atoms with van der Waals surface area (Å²) in [7, 11) is 2.91. The van der Waals surface area contributed by atoms with E-state index >= 15 is 0 Å². The van der Waals surface area contributed by atoms with E-state index in [4.69, 9.17) is 4.74 Å². The second-order valence-corrected chi connectivity index (χ2v) is 5.32. The average molecular weight is 305 g/mol. The molecule has 21 heavy (non-hydrogen) atoms. The van der Waals surface area contributed by atoms with Crippen LogP contribution in [-0.4, -0.2) is 26.1 Å². The largest absolute Gasteiger partial charge is 0.497 e. The molecule has 0 atom stereocenters. The van der Waals surface area contributed by atoms with Crippen LogP contribution in [0.5, 0.6) is 5.75 Å². The lowest BCUT2D eigenvalue weighted by atomic mass is 10.1. The van der Waals surface area contributed by atoms with Gasteiger partial charge in [-0.3, -0.25) is 4.79 Å². The number of hydrogen-bond donors (Lipinski definition) is 1. The lowest BCUT2D eigenvalue weighted by molar-refractivity contribution is -0.115. The molecule has 0 aliphatic carbocycles. The van der Waals surface area contributed by atoms with E-state index in [0.717, 1.165) is 5.56 Å². The molecule has 0 aliphatic rings. The minimum absolute atomic E-state index is 0.151. The number of benzene rings is 1. The van der Waals surface area contributed by atoms with Crippen molar-refractivity contribution < 1.29 is 19.1 Å². The van der Waals surface area contributed by atoms with Crippen LogP contribution in [0.1, 0.15) is 15.2 Å². The van der Waals surface area contributed by atoms with Crippen molar-refractivity contribution in [3.63, 3.8) is 0 Å². The van der Waals surface area contributed by atoms with Gasteiger partial charge in [0.05, 0.1) is 25.6 Å². The first kappa shape index (κ1) is 15.1. The Morgan fingerprint density at radius 2 is 2.00 bits per heavy atom. The maximum absolute atomic E-state index is 12.0. The molecule has 6 heteroatoms. The zero-order valence-corrected chi connectivity index (χ0v) is 12.5. The van der Waals surface area contributed by atoms with Crippen molar-refractivity contribution >= 4 is 28.2 Å². The SMILES string of the molecule is COC(=O)c1ccc(NC(=O)Cc2cccc(OC)c2)s1. The molecule has 1 heterocycles. The first-order valence-corrected chi connectivity index (χ1v) is 7.05. The van der Waals surface area contributed by atoms with E-state index in [1.165, 1.54) is 18.4 Å². The van der Waals surface area contributed by atoms with Crippen molar-refractivity contribution in [1.82, 2.24) is 0 Å². The van der Waals surface area contributed by atoms with Crippen LogP contribution < -0.4 is 10.1 Å². The first-order valence-electron chi connectivity index (χ1n) is 6.23. The molecule has 1 amide bonds. The van der Waals surface area contributed by atoms with Gasteiger partial charge in [0, 0.05) is 0 Å². The van der Waals surface area contributed by atoms with Gasteiger partial charge in [0.1, 0.15) is 10.6 Å². The molecular formula is C15H15NO4S. The molecule has 0 fully saturated rings. The summed E-state index contributed by atoms with van der Waals surface area (Å²) >= 11 is 1.18. The Balaban J connectivity index is 1.98. The van der Waals surface area contributed by atoms with Crippen LogP contribution in [0.4, 0.5) is 5.00 Å². The molecule has 0 bridgehead atoms. The molecule has 1 aromatic heterocycles. The first-order chi connectivity index (χ1) is 10.1. The van der Waals surface area contributed by atoms with Crippen molar-refractivity contribution in [1.29, 1.82) is 0 Å². The fourth-order valence-electron chi connectivity index (χ4n) is 1.76. The number of anilines is 1. The zero-order chi connectivity index (χ0) is 15.2. The fraction of sp³-hybridized carbons (Fsp3) is 0.200. The predicted octanol–water partition coefficient (Wildman–Crippen LogP) is 2.72. The third-order valence-corrected chi connectivity index (χ3v) is 3.73. The highest BCUT2D eigenvalue weighted by Gasteiger charge is 2.11. The molecule has 2 aromatic rings. The van der Waals surface area contributed by atoms with Gasteiger partial charge in [-0.15, -0.1) is 11.3 Å². The molecule has 0 radical (unpaired) electrons. The lowest BCUT2D eigenvalue weighted by Crippen LogP contribution is -2.13. The summed E-state index contributed by atoms with van der Waals surface area (Å²) in [5.41, 5.74) is 0.858. The van der Waals surface area contributed by atoms with Crippen molar-refractivity contribution in [2.24, 2.45) is 0 Å². The number of rotatable bonds is 5. The van der Waals surface area contributed by atoms with Crippen molar-refractivity contribution in [2.75, 3.05) is 19.5 Å². The summed E-state index contributed by atoms with van der Waals surface area (Å²) in [6.45, 7) is 0.